The third kappa shape index (κ3) is 7.03. The van der Waals surface area contributed by atoms with E-state index in [2.05, 4.69) is 6.92 Å². The van der Waals surface area contributed by atoms with Gasteiger partial charge in [0.05, 0.1) is 12.7 Å². The summed E-state index contributed by atoms with van der Waals surface area (Å²) < 4.78 is 10.4. The Labute approximate surface area is 83.6 Å². The quantitative estimate of drug-likeness (QED) is 0.632. The van der Waals surface area contributed by atoms with Crippen LogP contribution in [-0.2, 0) is 9.47 Å². The van der Waals surface area contributed by atoms with Crippen LogP contribution in [0, 0.1) is 5.92 Å². The standard InChI is InChI=1S/C7H14O2.2C2H6/c1-6-3-4-9-5-7(6)8-2;2*1-2/h6-7H,3-5H2,1-2H3;2*1-2H3. The summed E-state index contributed by atoms with van der Waals surface area (Å²) >= 11 is 0. The van der Waals surface area contributed by atoms with Crippen molar-refractivity contribution in [2.45, 2.75) is 47.1 Å². The van der Waals surface area contributed by atoms with Crippen molar-refractivity contribution in [2.24, 2.45) is 5.92 Å². The molecule has 0 spiro atoms. The molecule has 1 aliphatic rings. The fourth-order valence-corrected chi connectivity index (χ4v) is 1.12. The van der Waals surface area contributed by atoms with E-state index in [4.69, 9.17) is 9.47 Å². The van der Waals surface area contributed by atoms with E-state index in [1.807, 2.05) is 27.7 Å². The molecule has 0 saturated carbocycles. The zero-order valence-corrected chi connectivity index (χ0v) is 10.1. The minimum Gasteiger partial charge on any atom is -0.379 e. The highest BCUT2D eigenvalue weighted by Gasteiger charge is 2.20. The zero-order valence-electron chi connectivity index (χ0n) is 10.1. The van der Waals surface area contributed by atoms with Gasteiger partial charge in [0.25, 0.3) is 0 Å². The van der Waals surface area contributed by atoms with Gasteiger partial charge in [-0.05, 0) is 12.3 Å². The summed E-state index contributed by atoms with van der Waals surface area (Å²) in [6.45, 7) is 11.9. The zero-order chi connectivity index (χ0) is 10.7. The van der Waals surface area contributed by atoms with Crippen LogP contribution in [0.2, 0.25) is 0 Å². The van der Waals surface area contributed by atoms with Gasteiger partial charge in [0.1, 0.15) is 0 Å². The summed E-state index contributed by atoms with van der Waals surface area (Å²) in [7, 11) is 1.75. The van der Waals surface area contributed by atoms with Gasteiger partial charge in [-0.1, -0.05) is 34.6 Å². The number of rotatable bonds is 1. The Balaban J connectivity index is 0. The molecule has 2 atom stereocenters. The predicted octanol–water partition coefficient (Wildman–Crippen LogP) is 3.11. The van der Waals surface area contributed by atoms with Crippen molar-refractivity contribution in [1.29, 1.82) is 0 Å². The van der Waals surface area contributed by atoms with Crippen molar-refractivity contribution in [1.82, 2.24) is 0 Å². The van der Waals surface area contributed by atoms with Crippen molar-refractivity contribution in [3.05, 3.63) is 0 Å². The van der Waals surface area contributed by atoms with Gasteiger partial charge in [-0.2, -0.15) is 0 Å². The van der Waals surface area contributed by atoms with Crippen LogP contribution in [0.5, 0.6) is 0 Å². The SMILES string of the molecule is CC.CC.COC1COCCC1C. The van der Waals surface area contributed by atoms with E-state index in [-0.39, 0.29) is 0 Å². The maximum atomic E-state index is 5.22. The molecule has 0 aromatic heterocycles. The van der Waals surface area contributed by atoms with Gasteiger partial charge in [0, 0.05) is 13.7 Å². The highest BCUT2D eigenvalue weighted by Crippen LogP contribution is 2.16. The molecule has 0 N–H and O–H groups in total. The second kappa shape index (κ2) is 11.9. The molecule has 1 aliphatic heterocycles. The number of methoxy groups -OCH3 is 1. The van der Waals surface area contributed by atoms with E-state index in [1.54, 1.807) is 7.11 Å². The Kier molecular flexibility index (Phi) is 14.1. The van der Waals surface area contributed by atoms with Crippen molar-refractivity contribution in [2.75, 3.05) is 20.3 Å². The topological polar surface area (TPSA) is 18.5 Å². The molecule has 1 heterocycles. The number of hydrogen-bond donors (Lipinski definition) is 0. The molecular weight excluding hydrogens is 164 g/mol. The first-order valence-corrected chi connectivity index (χ1v) is 5.45. The van der Waals surface area contributed by atoms with E-state index < -0.39 is 0 Å². The van der Waals surface area contributed by atoms with E-state index in [1.165, 1.54) is 0 Å². The van der Waals surface area contributed by atoms with E-state index in [9.17, 15) is 0 Å². The maximum absolute atomic E-state index is 5.22. The molecule has 1 rings (SSSR count). The van der Waals surface area contributed by atoms with Crippen molar-refractivity contribution in [3.63, 3.8) is 0 Å². The van der Waals surface area contributed by atoms with Crippen molar-refractivity contribution in [3.8, 4) is 0 Å². The van der Waals surface area contributed by atoms with Crippen LogP contribution in [0.4, 0.5) is 0 Å². The van der Waals surface area contributed by atoms with Gasteiger partial charge >= 0.3 is 0 Å². The van der Waals surface area contributed by atoms with Gasteiger partial charge in [-0.15, -0.1) is 0 Å². The van der Waals surface area contributed by atoms with E-state index >= 15 is 0 Å². The molecular formula is C11H26O2. The Morgan fingerprint density at radius 3 is 2.00 bits per heavy atom. The van der Waals surface area contributed by atoms with Gasteiger partial charge < -0.3 is 9.47 Å². The lowest BCUT2D eigenvalue weighted by Crippen LogP contribution is -2.31. The lowest BCUT2D eigenvalue weighted by Gasteiger charge is -2.27. The molecule has 0 radical (unpaired) electrons. The van der Waals surface area contributed by atoms with Crippen LogP contribution in [0.15, 0.2) is 0 Å². The second-order valence-electron chi connectivity index (χ2n) is 2.62. The predicted molar refractivity (Wildman–Crippen MR) is 58.1 cm³/mol. The summed E-state index contributed by atoms with van der Waals surface area (Å²) in [5.74, 6) is 0.670. The smallest absolute Gasteiger partial charge is 0.0830 e. The van der Waals surface area contributed by atoms with Gasteiger partial charge in [-0.25, -0.2) is 0 Å². The maximum Gasteiger partial charge on any atom is 0.0830 e. The fourth-order valence-electron chi connectivity index (χ4n) is 1.12. The first-order valence-electron chi connectivity index (χ1n) is 5.45. The number of hydrogen-bond acceptors (Lipinski definition) is 2. The van der Waals surface area contributed by atoms with Crippen LogP contribution in [0.1, 0.15) is 41.0 Å². The molecule has 1 saturated heterocycles. The van der Waals surface area contributed by atoms with Gasteiger partial charge in [-0.3, -0.25) is 0 Å². The molecule has 0 aromatic rings. The summed E-state index contributed by atoms with van der Waals surface area (Å²) in [6, 6.07) is 0. The third-order valence-electron chi connectivity index (χ3n) is 1.94. The van der Waals surface area contributed by atoms with Crippen LogP contribution in [0.25, 0.3) is 0 Å². The third-order valence-corrected chi connectivity index (χ3v) is 1.94. The molecule has 2 unspecified atom stereocenters. The van der Waals surface area contributed by atoms with Gasteiger partial charge in [0.2, 0.25) is 0 Å². The van der Waals surface area contributed by atoms with Crippen LogP contribution in [-0.4, -0.2) is 26.4 Å². The summed E-state index contributed by atoms with van der Waals surface area (Å²) in [5.41, 5.74) is 0. The normalized spacial score (nSPS) is 26.3. The minimum absolute atomic E-state index is 0.332. The van der Waals surface area contributed by atoms with Crippen LogP contribution < -0.4 is 0 Å². The monoisotopic (exact) mass is 190 g/mol. The highest BCUT2D eigenvalue weighted by molar-refractivity contribution is 4.69. The Hall–Kier alpha value is -0.0800. The molecule has 2 heteroatoms. The Morgan fingerprint density at radius 1 is 1.15 bits per heavy atom. The number of ether oxygens (including phenoxy) is 2. The first-order chi connectivity index (χ1) is 6.34. The molecule has 2 nitrogen and oxygen atoms in total. The highest BCUT2D eigenvalue weighted by atomic mass is 16.5. The summed E-state index contributed by atoms with van der Waals surface area (Å²) in [4.78, 5) is 0. The minimum atomic E-state index is 0.332. The summed E-state index contributed by atoms with van der Waals surface area (Å²) in [6.07, 6.45) is 1.47. The molecule has 82 valence electrons. The van der Waals surface area contributed by atoms with Gasteiger partial charge in [0.15, 0.2) is 0 Å². The van der Waals surface area contributed by atoms with Crippen molar-refractivity contribution >= 4 is 0 Å². The molecule has 0 aromatic carbocycles. The molecule has 0 aliphatic carbocycles. The first kappa shape index (κ1) is 15.4. The Bertz CT molecular complexity index is 84.2. The molecule has 0 bridgehead atoms. The lowest BCUT2D eigenvalue weighted by atomic mass is 10.00. The Morgan fingerprint density at radius 2 is 1.69 bits per heavy atom. The average Bonchev–Trinajstić information content (AvgIpc) is 2.24. The molecule has 13 heavy (non-hydrogen) atoms. The largest absolute Gasteiger partial charge is 0.379 e. The van der Waals surface area contributed by atoms with E-state index in [0.29, 0.717) is 12.0 Å². The molecule has 1 fully saturated rings. The fraction of sp³-hybridized carbons (Fsp3) is 1.00. The van der Waals surface area contributed by atoms with E-state index in [0.717, 1.165) is 19.6 Å². The van der Waals surface area contributed by atoms with Crippen LogP contribution >= 0.6 is 0 Å². The summed E-state index contributed by atoms with van der Waals surface area (Å²) in [5, 5.41) is 0. The second-order valence-corrected chi connectivity index (χ2v) is 2.62. The lowest BCUT2D eigenvalue weighted by molar-refractivity contribution is -0.0600. The average molecular weight is 190 g/mol. The van der Waals surface area contributed by atoms with Crippen molar-refractivity contribution < 1.29 is 9.47 Å². The molecule has 0 amide bonds. The van der Waals surface area contributed by atoms with Crippen LogP contribution in [0.3, 0.4) is 0 Å².